The van der Waals surface area contributed by atoms with Crippen LogP contribution >= 0.6 is 11.6 Å². The maximum Gasteiger partial charge on any atom is 0.0849 e. The Kier molecular flexibility index (Phi) is 5.10. The van der Waals surface area contributed by atoms with Crippen molar-refractivity contribution in [1.82, 2.24) is 15.1 Å². The minimum Gasteiger partial charge on any atom is -0.381 e. The number of halogens is 1. The molecule has 1 atom stereocenters. The van der Waals surface area contributed by atoms with Crippen LogP contribution < -0.4 is 5.32 Å². The fraction of sp³-hybridized carbons (Fsp3) is 0.800. The van der Waals surface area contributed by atoms with Crippen molar-refractivity contribution in [2.45, 2.75) is 46.1 Å². The first-order valence-electron chi connectivity index (χ1n) is 7.49. The number of nitrogens with one attached hydrogen (secondary N) is 1. The SMILES string of the molecule is CCc1nn(C)c(CC2(CNC(C)C)CCOC2)c1Cl. The lowest BCUT2D eigenvalue weighted by Crippen LogP contribution is -2.40. The highest BCUT2D eigenvalue weighted by Crippen LogP contribution is 2.35. The molecule has 0 aliphatic carbocycles. The van der Waals surface area contributed by atoms with E-state index in [0.717, 1.165) is 55.4 Å². The number of rotatable bonds is 6. The molecule has 1 aliphatic rings. The summed E-state index contributed by atoms with van der Waals surface area (Å²) in [5, 5.41) is 8.91. The molecule has 1 aliphatic heterocycles. The standard InChI is InChI=1S/C15H26ClN3O/c1-5-12-14(16)13(19(4)18-12)8-15(6-7-20-10-15)9-17-11(2)3/h11,17H,5-10H2,1-4H3. The van der Waals surface area contributed by atoms with Gasteiger partial charge in [0.1, 0.15) is 0 Å². The zero-order valence-corrected chi connectivity index (χ0v) is 13.8. The van der Waals surface area contributed by atoms with Gasteiger partial charge in [0, 0.05) is 31.7 Å². The molecule has 1 aromatic rings. The Balaban J connectivity index is 2.18. The summed E-state index contributed by atoms with van der Waals surface area (Å²) >= 11 is 6.49. The molecule has 2 rings (SSSR count). The van der Waals surface area contributed by atoms with Crippen molar-refractivity contribution in [2.24, 2.45) is 12.5 Å². The highest BCUT2D eigenvalue weighted by Gasteiger charge is 2.37. The van der Waals surface area contributed by atoms with Gasteiger partial charge in [0.25, 0.3) is 0 Å². The highest BCUT2D eigenvalue weighted by atomic mass is 35.5. The van der Waals surface area contributed by atoms with Crippen LogP contribution in [0.4, 0.5) is 0 Å². The topological polar surface area (TPSA) is 39.1 Å². The first kappa shape index (κ1) is 15.8. The zero-order valence-electron chi connectivity index (χ0n) is 13.0. The van der Waals surface area contributed by atoms with E-state index in [2.05, 4.69) is 31.2 Å². The fourth-order valence-corrected chi connectivity index (χ4v) is 3.14. The summed E-state index contributed by atoms with van der Waals surface area (Å²) < 4.78 is 7.61. The highest BCUT2D eigenvalue weighted by molar-refractivity contribution is 6.31. The van der Waals surface area contributed by atoms with Crippen molar-refractivity contribution in [3.8, 4) is 0 Å². The lowest BCUT2D eigenvalue weighted by Gasteiger charge is -2.29. The fourth-order valence-electron chi connectivity index (χ4n) is 2.78. The quantitative estimate of drug-likeness (QED) is 0.877. The lowest BCUT2D eigenvalue weighted by molar-refractivity contribution is 0.146. The van der Waals surface area contributed by atoms with Crippen molar-refractivity contribution in [3.63, 3.8) is 0 Å². The Bertz CT molecular complexity index is 450. The normalized spacial score (nSPS) is 22.9. The second kappa shape index (κ2) is 6.46. The minimum atomic E-state index is 0.146. The van der Waals surface area contributed by atoms with Crippen LogP contribution in [0.3, 0.4) is 0 Å². The van der Waals surface area contributed by atoms with Crippen LogP contribution in [0, 0.1) is 5.41 Å². The Morgan fingerprint density at radius 2 is 2.25 bits per heavy atom. The summed E-state index contributed by atoms with van der Waals surface area (Å²) in [5.74, 6) is 0. The van der Waals surface area contributed by atoms with E-state index in [0.29, 0.717) is 6.04 Å². The first-order chi connectivity index (χ1) is 9.47. The average molecular weight is 300 g/mol. The molecule has 1 saturated heterocycles. The van der Waals surface area contributed by atoms with Gasteiger partial charge in [-0.15, -0.1) is 0 Å². The maximum absolute atomic E-state index is 6.49. The third kappa shape index (κ3) is 3.35. The van der Waals surface area contributed by atoms with E-state index >= 15 is 0 Å². The van der Waals surface area contributed by atoms with Crippen LogP contribution in [0.5, 0.6) is 0 Å². The van der Waals surface area contributed by atoms with E-state index in [9.17, 15) is 0 Å². The van der Waals surface area contributed by atoms with Crippen LogP contribution in [0.2, 0.25) is 5.02 Å². The van der Waals surface area contributed by atoms with Gasteiger partial charge >= 0.3 is 0 Å². The summed E-state index contributed by atoms with van der Waals surface area (Å²) in [6.07, 6.45) is 2.88. The Labute approximate surface area is 126 Å². The number of nitrogens with zero attached hydrogens (tertiary/aromatic N) is 2. The van der Waals surface area contributed by atoms with Crippen molar-refractivity contribution in [3.05, 3.63) is 16.4 Å². The molecule has 0 bridgehead atoms. The van der Waals surface area contributed by atoms with Gasteiger partial charge in [0.15, 0.2) is 0 Å². The molecule has 20 heavy (non-hydrogen) atoms. The molecule has 1 unspecified atom stereocenters. The summed E-state index contributed by atoms with van der Waals surface area (Å²) in [6.45, 7) is 9.05. The third-order valence-electron chi connectivity index (χ3n) is 4.12. The second-order valence-electron chi connectivity index (χ2n) is 6.20. The molecular weight excluding hydrogens is 274 g/mol. The van der Waals surface area contributed by atoms with E-state index < -0.39 is 0 Å². The van der Waals surface area contributed by atoms with Gasteiger partial charge in [-0.05, 0) is 19.3 Å². The van der Waals surface area contributed by atoms with E-state index in [-0.39, 0.29) is 5.41 Å². The van der Waals surface area contributed by atoms with Gasteiger partial charge in [-0.2, -0.15) is 5.10 Å². The van der Waals surface area contributed by atoms with Gasteiger partial charge in [-0.25, -0.2) is 0 Å². The molecule has 0 saturated carbocycles. The van der Waals surface area contributed by atoms with E-state index in [4.69, 9.17) is 16.3 Å². The number of aromatic nitrogens is 2. The summed E-state index contributed by atoms with van der Waals surface area (Å²) in [7, 11) is 1.99. The Hall–Kier alpha value is -0.580. The molecule has 0 radical (unpaired) electrons. The molecule has 2 heterocycles. The molecule has 0 aromatic carbocycles. The molecule has 5 heteroatoms. The predicted molar refractivity (Wildman–Crippen MR) is 82.3 cm³/mol. The largest absolute Gasteiger partial charge is 0.381 e. The Morgan fingerprint density at radius 3 is 2.75 bits per heavy atom. The number of ether oxygens (including phenoxy) is 1. The van der Waals surface area contributed by atoms with E-state index in [1.165, 1.54) is 0 Å². The summed E-state index contributed by atoms with van der Waals surface area (Å²) in [4.78, 5) is 0. The van der Waals surface area contributed by atoms with Crippen molar-refractivity contribution < 1.29 is 4.74 Å². The van der Waals surface area contributed by atoms with Crippen LogP contribution in [0.1, 0.15) is 38.6 Å². The van der Waals surface area contributed by atoms with Gasteiger partial charge in [0.05, 0.1) is 23.0 Å². The maximum atomic E-state index is 6.49. The number of hydrogen-bond donors (Lipinski definition) is 1. The van der Waals surface area contributed by atoms with Crippen LogP contribution in [0.25, 0.3) is 0 Å². The van der Waals surface area contributed by atoms with Crippen LogP contribution in [-0.2, 0) is 24.6 Å². The smallest absolute Gasteiger partial charge is 0.0849 e. The van der Waals surface area contributed by atoms with Gasteiger partial charge in [-0.1, -0.05) is 32.4 Å². The number of hydrogen-bond acceptors (Lipinski definition) is 3. The molecule has 4 nitrogen and oxygen atoms in total. The third-order valence-corrected chi connectivity index (χ3v) is 4.55. The molecular formula is C15H26ClN3O. The average Bonchev–Trinajstić information content (AvgIpc) is 2.97. The Morgan fingerprint density at radius 1 is 1.50 bits per heavy atom. The van der Waals surface area contributed by atoms with Crippen LogP contribution in [-0.4, -0.2) is 35.6 Å². The van der Waals surface area contributed by atoms with Gasteiger partial charge < -0.3 is 10.1 Å². The molecule has 114 valence electrons. The second-order valence-corrected chi connectivity index (χ2v) is 6.58. The van der Waals surface area contributed by atoms with Gasteiger partial charge in [0.2, 0.25) is 0 Å². The molecule has 0 amide bonds. The van der Waals surface area contributed by atoms with Crippen molar-refractivity contribution >= 4 is 11.6 Å². The summed E-state index contributed by atoms with van der Waals surface area (Å²) in [6, 6.07) is 0.487. The lowest BCUT2D eigenvalue weighted by atomic mass is 9.82. The van der Waals surface area contributed by atoms with E-state index in [1.807, 2.05) is 11.7 Å². The molecule has 1 aromatic heterocycles. The molecule has 0 spiro atoms. The van der Waals surface area contributed by atoms with E-state index in [1.54, 1.807) is 0 Å². The zero-order chi connectivity index (χ0) is 14.8. The summed E-state index contributed by atoms with van der Waals surface area (Å²) in [5.41, 5.74) is 2.28. The first-order valence-corrected chi connectivity index (χ1v) is 7.86. The number of aryl methyl sites for hydroxylation is 2. The minimum absolute atomic E-state index is 0.146. The van der Waals surface area contributed by atoms with Crippen molar-refractivity contribution in [2.75, 3.05) is 19.8 Å². The molecule has 1 N–H and O–H groups in total. The van der Waals surface area contributed by atoms with Crippen molar-refractivity contribution in [1.29, 1.82) is 0 Å². The van der Waals surface area contributed by atoms with Crippen LogP contribution in [0.15, 0.2) is 0 Å². The molecule has 1 fully saturated rings. The predicted octanol–water partition coefficient (Wildman–Crippen LogP) is 2.58. The monoisotopic (exact) mass is 299 g/mol. The van der Waals surface area contributed by atoms with Gasteiger partial charge in [-0.3, -0.25) is 4.68 Å².